The number of nitrogens with one attached hydrogen (secondary N) is 2. The molecule has 8 nitrogen and oxygen atoms in total. The molecular weight excluding hydrogens is 411 g/mol. The van der Waals surface area contributed by atoms with E-state index in [1.165, 1.54) is 11.0 Å². The van der Waals surface area contributed by atoms with Crippen LogP contribution in [-0.4, -0.2) is 52.0 Å². The zero-order valence-corrected chi connectivity index (χ0v) is 17.0. The first-order valence-electron chi connectivity index (χ1n) is 9.41. The SMILES string of the molecule is CN(C)C(=O)CNC(=NCc1cccc(C(F)(F)F)c1)NCc1nnc2ccccn12. The predicted molar refractivity (Wildman–Crippen MR) is 109 cm³/mol. The number of pyridine rings is 1. The van der Waals surface area contributed by atoms with Crippen molar-refractivity contribution in [2.24, 2.45) is 4.99 Å². The van der Waals surface area contributed by atoms with Gasteiger partial charge in [0.15, 0.2) is 17.4 Å². The standard InChI is InChI=1S/C20H22F3N7O/c1-29(2)18(31)13-26-19(24-11-14-6-5-7-15(10-14)20(21,22)23)25-12-17-28-27-16-8-3-4-9-30(16)17/h3-10H,11-13H2,1-2H3,(H2,24,25,26). The number of rotatable bonds is 6. The molecule has 0 radical (unpaired) electrons. The Balaban J connectivity index is 1.74. The van der Waals surface area contributed by atoms with Gasteiger partial charge in [-0.1, -0.05) is 18.2 Å². The summed E-state index contributed by atoms with van der Waals surface area (Å²) in [5.74, 6) is 0.699. The number of fused-ring (bicyclic) bond motifs is 1. The number of nitrogens with zero attached hydrogens (tertiary/aromatic N) is 5. The van der Waals surface area contributed by atoms with E-state index in [1.54, 1.807) is 24.6 Å². The molecule has 1 amide bonds. The van der Waals surface area contributed by atoms with Crippen molar-refractivity contribution in [1.29, 1.82) is 0 Å². The summed E-state index contributed by atoms with van der Waals surface area (Å²) in [6.45, 7) is 0.216. The molecule has 0 unspecified atom stereocenters. The van der Waals surface area contributed by atoms with Gasteiger partial charge in [0.25, 0.3) is 0 Å². The Morgan fingerprint density at radius 2 is 1.94 bits per heavy atom. The minimum absolute atomic E-state index is 0.00398. The van der Waals surface area contributed by atoms with Gasteiger partial charge in [-0.05, 0) is 29.8 Å². The molecule has 0 saturated carbocycles. The first-order valence-corrected chi connectivity index (χ1v) is 9.41. The Kier molecular flexibility index (Phi) is 6.73. The number of benzene rings is 1. The summed E-state index contributed by atoms with van der Waals surface area (Å²) in [7, 11) is 3.25. The van der Waals surface area contributed by atoms with Crippen LogP contribution in [0.5, 0.6) is 0 Å². The molecule has 2 aromatic heterocycles. The molecule has 11 heteroatoms. The number of hydrogen-bond donors (Lipinski definition) is 2. The molecular formula is C20H22F3N7O. The zero-order chi connectivity index (χ0) is 22.4. The summed E-state index contributed by atoms with van der Waals surface area (Å²) in [4.78, 5) is 17.7. The molecule has 0 saturated heterocycles. The van der Waals surface area contributed by atoms with Crippen molar-refractivity contribution in [2.75, 3.05) is 20.6 Å². The number of guanidine groups is 1. The molecule has 2 N–H and O–H groups in total. The number of halogens is 3. The van der Waals surface area contributed by atoms with Crippen molar-refractivity contribution in [1.82, 2.24) is 30.1 Å². The predicted octanol–water partition coefficient (Wildman–Crippen LogP) is 2.07. The summed E-state index contributed by atoms with van der Waals surface area (Å²) >= 11 is 0. The third kappa shape index (κ3) is 5.93. The van der Waals surface area contributed by atoms with Crippen molar-refractivity contribution in [3.05, 3.63) is 65.6 Å². The van der Waals surface area contributed by atoms with Gasteiger partial charge < -0.3 is 15.5 Å². The maximum atomic E-state index is 12.9. The van der Waals surface area contributed by atoms with Crippen LogP contribution in [0.3, 0.4) is 0 Å². The van der Waals surface area contributed by atoms with E-state index in [0.29, 0.717) is 17.0 Å². The first-order chi connectivity index (χ1) is 14.7. The molecule has 1 aromatic carbocycles. The van der Waals surface area contributed by atoms with E-state index in [1.807, 2.05) is 24.4 Å². The van der Waals surface area contributed by atoms with E-state index < -0.39 is 11.7 Å². The third-order valence-corrected chi connectivity index (χ3v) is 4.38. The van der Waals surface area contributed by atoms with Crippen LogP contribution in [0.1, 0.15) is 17.0 Å². The number of aliphatic imine (C=N–C) groups is 1. The fourth-order valence-electron chi connectivity index (χ4n) is 2.68. The molecule has 2 heterocycles. The molecule has 0 aliphatic rings. The van der Waals surface area contributed by atoms with Crippen LogP contribution in [-0.2, 0) is 24.1 Å². The Labute approximate surface area is 176 Å². The lowest BCUT2D eigenvalue weighted by Gasteiger charge is -2.15. The highest BCUT2D eigenvalue weighted by Gasteiger charge is 2.30. The van der Waals surface area contributed by atoms with Gasteiger partial charge in [-0.15, -0.1) is 10.2 Å². The van der Waals surface area contributed by atoms with Gasteiger partial charge in [0.2, 0.25) is 5.91 Å². The second-order valence-electron chi connectivity index (χ2n) is 6.90. The van der Waals surface area contributed by atoms with Crippen molar-refractivity contribution in [3.8, 4) is 0 Å². The number of alkyl halides is 3. The fourth-order valence-corrected chi connectivity index (χ4v) is 2.68. The summed E-state index contributed by atoms with van der Waals surface area (Å²) < 4.78 is 40.6. The molecule has 31 heavy (non-hydrogen) atoms. The van der Waals surface area contributed by atoms with E-state index >= 15 is 0 Å². The molecule has 164 valence electrons. The Morgan fingerprint density at radius 3 is 2.68 bits per heavy atom. The maximum absolute atomic E-state index is 12.9. The van der Waals surface area contributed by atoms with E-state index in [9.17, 15) is 18.0 Å². The Bertz CT molecular complexity index is 1080. The maximum Gasteiger partial charge on any atom is 0.416 e. The number of aromatic nitrogens is 3. The van der Waals surface area contributed by atoms with Gasteiger partial charge in [0, 0.05) is 20.3 Å². The van der Waals surface area contributed by atoms with E-state index in [2.05, 4.69) is 25.8 Å². The van der Waals surface area contributed by atoms with E-state index in [0.717, 1.165) is 12.1 Å². The molecule has 3 rings (SSSR count). The minimum Gasteiger partial charge on any atom is -0.349 e. The highest BCUT2D eigenvalue weighted by atomic mass is 19.4. The van der Waals surface area contributed by atoms with Crippen LogP contribution in [0.25, 0.3) is 5.65 Å². The third-order valence-electron chi connectivity index (χ3n) is 4.38. The Hall–Kier alpha value is -3.63. The second-order valence-corrected chi connectivity index (χ2v) is 6.90. The molecule has 0 spiro atoms. The second kappa shape index (κ2) is 9.45. The quantitative estimate of drug-likeness (QED) is 0.459. The largest absolute Gasteiger partial charge is 0.416 e. The highest BCUT2D eigenvalue weighted by Crippen LogP contribution is 2.29. The van der Waals surface area contributed by atoms with Crippen LogP contribution < -0.4 is 10.6 Å². The van der Waals surface area contributed by atoms with Crippen molar-refractivity contribution in [3.63, 3.8) is 0 Å². The van der Waals surface area contributed by atoms with Gasteiger partial charge in [-0.3, -0.25) is 9.20 Å². The molecule has 0 fully saturated rings. The number of carbonyl (C=O) groups is 1. The lowest BCUT2D eigenvalue weighted by Crippen LogP contribution is -2.42. The molecule has 3 aromatic rings. The molecule has 0 bridgehead atoms. The molecule has 0 aliphatic carbocycles. The average Bonchev–Trinajstić information content (AvgIpc) is 3.15. The summed E-state index contributed by atoms with van der Waals surface area (Å²) in [6, 6.07) is 10.5. The first kappa shape index (κ1) is 22.1. The van der Waals surface area contributed by atoms with Crippen LogP contribution in [0, 0.1) is 0 Å². The summed E-state index contributed by atoms with van der Waals surface area (Å²) in [5, 5.41) is 14.1. The van der Waals surface area contributed by atoms with Gasteiger partial charge in [-0.25, -0.2) is 4.99 Å². The van der Waals surface area contributed by atoms with E-state index in [4.69, 9.17) is 0 Å². The number of amides is 1. The lowest BCUT2D eigenvalue weighted by molar-refractivity contribution is -0.137. The Morgan fingerprint density at radius 1 is 1.13 bits per heavy atom. The van der Waals surface area contributed by atoms with Gasteiger partial charge in [-0.2, -0.15) is 13.2 Å². The number of carbonyl (C=O) groups excluding carboxylic acids is 1. The average molecular weight is 433 g/mol. The van der Waals surface area contributed by atoms with Crippen LogP contribution in [0.15, 0.2) is 53.7 Å². The van der Waals surface area contributed by atoms with Crippen molar-refractivity contribution < 1.29 is 18.0 Å². The van der Waals surface area contributed by atoms with Gasteiger partial charge in [0.05, 0.1) is 25.2 Å². The monoisotopic (exact) mass is 433 g/mol. The highest BCUT2D eigenvalue weighted by molar-refractivity contribution is 5.86. The summed E-state index contributed by atoms with van der Waals surface area (Å²) in [5.41, 5.74) is 0.334. The zero-order valence-electron chi connectivity index (χ0n) is 17.0. The fraction of sp³-hybridized carbons (Fsp3) is 0.300. The number of likely N-dealkylation sites (N-methyl/N-ethyl adjacent to an activating group) is 1. The van der Waals surface area contributed by atoms with Crippen molar-refractivity contribution in [2.45, 2.75) is 19.3 Å². The van der Waals surface area contributed by atoms with Gasteiger partial charge in [0.1, 0.15) is 0 Å². The topological polar surface area (TPSA) is 86.9 Å². The van der Waals surface area contributed by atoms with Crippen LogP contribution in [0.2, 0.25) is 0 Å². The number of hydrogen-bond acceptors (Lipinski definition) is 4. The van der Waals surface area contributed by atoms with E-state index in [-0.39, 0.29) is 31.5 Å². The minimum atomic E-state index is -4.42. The van der Waals surface area contributed by atoms with Crippen molar-refractivity contribution >= 4 is 17.5 Å². The van der Waals surface area contributed by atoms with Crippen LogP contribution in [0.4, 0.5) is 13.2 Å². The molecule has 0 atom stereocenters. The van der Waals surface area contributed by atoms with Crippen LogP contribution >= 0.6 is 0 Å². The van der Waals surface area contributed by atoms with Gasteiger partial charge >= 0.3 is 6.18 Å². The smallest absolute Gasteiger partial charge is 0.349 e. The normalized spacial score (nSPS) is 12.1. The molecule has 0 aliphatic heterocycles. The summed E-state index contributed by atoms with van der Waals surface area (Å²) in [6.07, 6.45) is -2.61. The lowest BCUT2D eigenvalue weighted by atomic mass is 10.1.